The smallest absolute Gasteiger partial charge is 0.125 e. The molecule has 18 heavy (non-hydrogen) atoms. The van der Waals surface area contributed by atoms with Crippen LogP contribution in [0.5, 0.6) is 0 Å². The molecule has 0 aliphatic carbocycles. The van der Waals surface area contributed by atoms with Gasteiger partial charge in [-0.1, -0.05) is 6.92 Å². The van der Waals surface area contributed by atoms with Gasteiger partial charge in [0.2, 0.25) is 0 Å². The van der Waals surface area contributed by atoms with Crippen LogP contribution in [-0.4, -0.2) is 22.6 Å². The Kier molecular flexibility index (Phi) is 2.82. The van der Waals surface area contributed by atoms with Crippen LogP contribution >= 0.6 is 0 Å². The van der Waals surface area contributed by atoms with Crippen molar-refractivity contribution in [1.29, 1.82) is 0 Å². The molecule has 1 fully saturated rings. The first kappa shape index (κ1) is 11.7. The molecule has 1 aliphatic rings. The van der Waals surface area contributed by atoms with Crippen molar-refractivity contribution in [1.82, 2.24) is 14.9 Å². The number of nitrogens with one attached hydrogen (secondary N) is 1. The first-order valence-corrected chi connectivity index (χ1v) is 6.57. The Bertz CT molecular complexity index is 576. The summed E-state index contributed by atoms with van der Waals surface area (Å²) in [5, 5.41) is 3.40. The van der Waals surface area contributed by atoms with E-state index in [9.17, 15) is 4.39 Å². The first-order chi connectivity index (χ1) is 8.70. The van der Waals surface area contributed by atoms with Crippen molar-refractivity contribution in [2.75, 3.05) is 13.1 Å². The summed E-state index contributed by atoms with van der Waals surface area (Å²) >= 11 is 0. The summed E-state index contributed by atoms with van der Waals surface area (Å²) in [6.45, 7) is 7.16. The van der Waals surface area contributed by atoms with Gasteiger partial charge in [-0.2, -0.15) is 0 Å². The number of aromatic nitrogens is 2. The second-order valence-electron chi connectivity index (χ2n) is 5.09. The van der Waals surface area contributed by atoms with Crippen LogP contribution in [0, 0.1) is 11.7 Å². The molecular formula is C14H18FN3. The molecule has 0 unspecified atom stereocenters. The molecule has 0 bridgehead atoms. The van der Waals surface area contributed by atoms with E-state index >= 15 is 0 Å². The van der Waals surface area contributed by atoms with Crippen LogP contribution in [-0.2, 0) is 6.54 Å². The van der Waals surface area contributed by atoms with Crippen molar-refractivity contribution < 1.29 is 4.39 Å². The number of rotatable bonds is 2. The van der Waals surface area contributed by atoms with Crippen LogP contribution in [0.1, 0.15) is 25.6 Å². The van der Waals surface area contributed by atoms with Gasteiger partial charge in [-0.15, -0.1) is 0 Å². The molecule has 1 N–H and O–H groups in total. The number of imidazole rings is 1. The lowest BCUT2D eigenvalue weighted by molar-refractivity contribution is 0.522. The molecule has 96 valence electrons. The van der Waals surface area contributed by atoms with Gasteiger partial charge in [0.15, 0.2) is 0 Å². The van der Waals surface area contributed by atoms with Gasteiger partial charge in [0.25, 0.3) is 0 Å². The van der Waals surface area contributed by atoms with Crippen LogP contribution in [0.15, 0.2) is 18.2 Å². The van der Waals surface area contributed by atoms with E-state index in [1.54, 1.807) is 12.1 Å². The molecule has 0 spiro atoms. The average Bonchev–Trinajstić information content (AvgIpc) is 2.91. The third-order valence-electron chi connectivity index (χ3n) is 3.91. The maximum Gasteiger partial charge on any atom is 0.125 e. The van der Waals surface area contributed by atoms with Gasteiger partial charge in [-0.05, 0) is 37.6 Å². The zero-order valence-corrected chi connectivity index (χ0v) is 10.8. The standard InChI is InChI=1S/C14H18FN3/c1-3-18-13-6-10(15)4-5-12(13)17-14(18)11-8-16-7-9(11)2/h4-6,9,11,16H,3,7-8H2,1-2H3/t9-,11-/m1/s1. The largest absolute Gasteiger partial charge is 0.328 e. The van der Waals surface area contributed by atoms with Gasteiger partial charge in [-0.3, -0.25) is 0 Å². The number of hydrogen-bond acceptors (Lipinski definition) is 2. The van der Waals surface area contributed by atoms with Crippen LogP contribution in [0.3, 0.4) is 0 Å². The lowest BCUT2D eigenvalue weighted by Gasteiger charge is -2.15. The minimum Gasteiger partial charge on any atom is -0.328 e. The van der Waals surface area contributed by atoms with Gasteiger partial charge in [0, 0.05) is 19.0 Å². The quantitative estimate of drug-likeness (QED) is 0.883. The molecule has 1 aromatic heterocycles. The van der Waals surface area contributed by atoms with Crippen molar-refractivity contribution in [2.24, 2.45) is 5.92 Å². The molecule has 3 rings (SSSR count). The fourth-order valence-corrected chi connectivity index (χ4v) is 2.89. The second kappa shape index (κ2) is 4.35. The summed E-state index contributed by atoms with van der Waals surface area (Å²) in [7, 11) is 0. The zero-order chi connectivity index (χ0) is 12.7. The molecule has 1 aliphatic heterocycles. The molecule has 2 aromatic rings. The van der Waals surface area contributed by atoms with E-state index in [2.05, 4.69) is 23.7 Å². The van der Waals surface area contributed by atoms with E-state index in [-0.39, 0.29) is 5.82 Å². The minimum absolute atomic E-state index is 0.193. The van der Waals surface area contributed by atoms with Gasteiger partial charge in [0.05, 0.1) is 11.0 Å². The highest BCUT2D eigenvalue weighted by Crippen LogP contribution is 2.30. The average molecular weight is 247 g/mol. The van der Waals surface area contributed by atoms with Crippen molar-refractivity contribution in [3.05, 3.63) is 29.8 Å². The van der Waals surface area contributed by atoms with E-state index in [0.717, 1.165) is 36.5 Å². The molecule has 0 saturated carbocycles. The van der Waals surface area contributed by atoms with Crippen molar-refractivity contribution >= 4 is 11.0 Å². The summed E-state index contributed by atoms with van der Waals surface area (Å²) in [6.07, 6.45) is 0. The zero-order valence-electron chi connectivity index (χ0n) is 10.8. The molecule has 2 atom stereocenters. The van der Waals surface area contributed by atoms with Crippen molar-refractivity contribution in [2.45, 2.75) is 26.3 Å². The fourth-order valence-electron chi connectivity index (χ4n) is 2.89. The van der Waals surface area contributed by atoms with Crippen LogP contribution in [0.2, 0.25) is 0 Å². The Morgan fingerprint density at radius 1 is 1.44 bits per heavy atom. The normalized spacial score (nSPS) is 23.9. The lowest BCUT2D eigenvalue weighted by Crippen LogP contribution is -2.14. The third kappa shape index (κ3) is 1.72. The second-order valence-corrected chi connectivity index (χ2v) is 5.09. The summed E-state index contributed by atoms with van der Waals surface area (Å²) in [4.78, 5) is 4.71. The first-order valence-electron chi connectivity index (χ1n) is 6.57. The highest BCUT2D eigenvalue weighted by Gasteiger charge is 2.29. The number of aryl methyl sites for hydroxylation is 1. The highest BCUT2D eigenvalue weighted by molar-refractivity contribution is 5.76. The minimum atomic E-state index is -0.193. The number of halogens is 1. The molecule has 0 amide bonds. The van der Waals surface area contributed by atoms with Crippen molar-refractivity contribution in [3.63, 3.8) is 0 Å². The summed E-state index contributed by atoms with van der Waals surface area (Å²) in [5.41, 5.74) is 1.80. The van der Waals surface area contributed by atoms with E-state index in [4.69, 9.17) is 4.98 Å². The number of hydrogen-bond donors (Lipinski definition) is 1. The van der Waals surface area contributed by atoms with Gasteiger partial charge >= 0.3 is 0 Å². The van der Waals surface area contributed by atoms with Gasteiger partial charge in [0.1, 0.15) is 11.6 Å². The van der Waals surface area contributed by atoms with E-state index < -0.39 is 0 Å². The van der Waals surface area contributed by atoms with E-state index in [1.165, 1.54) is 6.07 Å². The molecule has 0 radical (unpaired) electrons. The van der Waals surface area contributed by atoms with E-state index in [0.29, 0.717) is 11.8 Å². The third-order valence-corrected chi connectivity index (χ3v) is 3.91. The topological polar surface area (TPSA) is 29.9 Å². The Morgan fingerprint density at radius 2 is 2.28 bits per heavy atom. The monoisotopic (exact) mass is 247 g/mol. The lowest BCUT2D eigenvalue weighted by atomic mass is 9.97. The summed E-state index contributed by atoms with van der Waals surface area (Å²) < 4.78 is 15.5. The molecular weight excluding hydrogens is 229 g/mol. The van der Waals surface area contributed by atoms with Gasteiger partial charge in [-0.25, -0.2) is 9.37 Å². The molecule has 3 nitrogen and oxygen atoms in total. The Balaban J connectivity index is 2.16. The summed E-state index contributed by atoms with van der Waals surface area (Å²) in [6, 6.07) is 4.84. The van der Waals surface area contributed by atoms with Crippen LogP contribution < -0.4 is 5.32 Å². The van der Waals surface area contributed by atoms with Crippen LogP contribution in [0.25, 0.3) is 11.0 Å². The number of benzene rings is 1. The highest BCUT2D eigenvalue weighted by atomic mass is 19.1. The van der Waals surface area contributed by atoms with Crippen molar-refractivity contribution in [3.8, 4) is 0 Å². The number of fused-ring (bicyclic) bond motifs is 1. The Labute approximate surface area is 106 Å². The molecule has 1 aromatic carbocycles. The predicted octanol–water partition coefficient (Wildman–Crippen LogP) is 2.52. The summed E-state index contributed by atoms with van der Waals surface area (Å²) in [5.74, 6) is 1.91. The SMILES string of the molecule is CCn1c([C@@H]2CNC[C@H]2C)nc2ccc(F)cc21. The Morgan fingerprint density at radius 3 is 2.94 bits per heavy atom. The van der Waals surface area contributed by atoms with Crippen LogP contribution in [0.4, 0.5) is 4.39 Å². The maximum atomic E-state index is 13.4. The fraction of sp³-hybridized carbons (Fsp3) is 0.500. The maximum absolute atomic E-state index is 13.4. The van der Waals surface area contributed by atoms with E-state index in [1.807, 2.05) is 0 Å². The number of nitrogens with zero attached hydrogens (tertiary/aromatic N) is 2. The Hall–Kier alpha value is -1.42. The molecule has 4 heteroatoms. The molecule has 2 heterocycles. The predicted molar refractivity (Wildman–Crippen MR) is 70.1 cm³/mol. The molecule has 1 saturated heterocycles. The van der Waals surface area contributed by atoms with Gasteiger partial charge < -0.3 is 9.88 Å².